The molecule has 1 aromatic heterocycles. The molecule has 1 aromatic rings. The number of rotatable bonds is 3. The Balaban J connectivity index is 2.96. The molecule has 0 spiro atoms. The van der Waals surface area contributed by atoms with Gasteiger partial charge in [-0.15, -0.1) is 0 Å². The molecule has 72 valence electrons. The van der Waals surface area contributed by atoms with Gasteiger partial charge in [0.25, 0.3) is 0 Å². The van der Waals surface area contributed by atoms with E-state index >= 15 is 0 Å². The standard InChI is InChI=1S/C7H11N3O2S/c1-6(2)10-13(11,12)7-3-8-5-9-4-7/h3-6,10H,1-2H3. The van der Waals surface area contributed by atoms with Gasteiger partial charge in [-0.2, -0.15) is 0 Å². The Labute approximate surface area is 77.3 Å². The molecule has 5 nitrogen and oxygen atoms in total. The van der Waals surface area contributed by atoms with Gasteiger partial charge >= 0.3 is 0 Å². The van der Waals surface area contributed by atoms with E-state index in [4.69, 9.17) is 0 Å². The lowest BCUT2D eigenvalue weighted by Gasteiger charge is -2.07. The van der Waals surface area contributed by atoms with Crippen molar-refractivity contribution in [2.75, 3.05) is 0 Å². The molecule has 0 unspecified atom stereocenters. The molecule has 13 heavy (non-hydrogen) atoms. The van der Waals surface area contributed by atoms with Crippen LogP contribution in [-0.4, -0.2) is 24.4 Å². The van der Waals surface area contributed by atoms with Crippen LogP contribution >= 0.6 is 0 Å². The zero-order valence-electron chi connectivity index (χ0n) is 7.43. The topological polar surface area (TPSA) is 72.0 Å². The lowest BCUT2D eigenvalue weighted by molar-refractivity contribution is 0.569. The summed E-state index contributed by atoms with van der Waals surface area (Å²) >= 11 is 0. The minimum absolute atomic E-state index is 0.0868. The van der Waals surface area contributed by atoms with E-state index in [2.05, 4.69) is 14.7 Å². The Morgan fingerprint density at radius 2 is 1.85 bits per heavy atom. The fourth-order valence-corrected chi connectivity index (χ4v) is 1.96. The van der Waals surface area contributed by atoms with Gasteiger partial charge in [0, 0.05) is 6.04 Å². The first-order chi connectivity index (χ1) is 6.02. The van der Waals surface area contributed by atoms with Crippen LogP contribution in [-0.2, 0) is 10.0 Å². The maximum atomic E-state index is 11.5. The van der Waals surface area contributed by atoms with E-state index in [0.29, 0.717) is 0 Å². The Morgan fingerprint density at radius 1 is 1.31 bits per heavy atom. The predicted molar refractivity (Wildman–Crippen MR) is 47.5 cm³/mol. The molecule has 1 heterocycles. The molecule has 0 aliphatic heterocycles. The van der Waals surface area contributed by atoms with Gasteiger partial charge in [-0.3, -0.25) is 0 Å². The Morgan fingerprint density at radius 3 is 2.31 bits per heavy atom. The highest BCUT2D eigenvalue weighted by Gasteiger charge is 2.14. The van der Waals surface area contributed by atoms with E-state index in [1.807, 2.05) is 0 Å². The zero-order valence-corrected chi connectivity index (χ0v) is 8.25. The minimum atomic E-state index is -3.43. The normalized spacial score (nSPS) is 11.9. The van der Waals surface area contributed by atoms with Gasteiger partial charge in [-0.05, 0) is 13.8 Å². The third kappa shape index (κ3) is 2.74. The monoisotopic (exact) mass is 201 g/mol. The molecule has 0 saturated heterocycles. The quantitative estimate of drug-likeness (QED) is 0.756. The fourth-order valence-electron chi connectivity index (χ4n) is 0.803. The highest BCUT2D eigenvalue weighted by atomic mass is 32.2. The second-order valence-electron chi connectivity index (χ2n) is 2.85. The van der Waals surface area contributed by atoms with Crippen molar-refractivity contribution in [2.24, 2.45) is 0 Å². The van der Waals surface area contributed by atoms with Crippen molar-refractivity contribution in [1.82, 2.24) is 14.7 Å². The van der Waals surface area contributed by atoms with Crippen molar-refractivity contribution in [3.05, 3.63) is 18.7 Å². The Bertz CT molecular complexity index is 361. The number of nitrogens with zero attached hydrogens (tertiary/aromatic N) is 2. The molecular weight excluding hydrogens is 190 g/mol. The predicted octanol–water partition coefficient (Wildman–Crippen LogP) is 0.163. The number of nitrogens with one attached hydrogen (secondary N) is 1. The van der Waals surface area contributed by atoms with Crippen molar-refractivity contribution >= 4 is 10.0 Å². The highest BCUT2D eigenvalue weighted by Crippen LogP contribution is 2.04. The SMILES string of the molecule is CC(C)NS(=O)(=O)c1cncnc1. The number of hydrogen-bond donors (Lipinski definition) is 1. The summed E-state index contributed by atoms with van der Waals surface area (Å²) in [6.45, 7) is 3.50. The van der Waals surface area contributed by atoms with Crippen LogP contribution in [0.3, 0.4) is 0 Å². The molecular formula is C7H11N3O2S. The fraction of sp³-hybridized carbons (Fsp3) is 0.429. The summed E-state index contributed by atoms with van der Waals surface area (Å²) in [6.07, 6.45) is 3.81. The van der Waals surface area contributed by atoms with Crippen LogP contribution in [0.2, 0.25) is 0 Å². The minimum Gasteiger partial charge on any atom is -0.243 e. The van der Waals surface area contributed by atoms with Crippen molar-refractivity contribution < 1.29 is 8.42 Å². The average molecular weight is 201 g/mol. The molecule has 0 radical (unpaired) electrons. The van der Waals surface area contributed by atoms with Crippen LogP contribution in [0.5, 0.6) is 0 Å². The zero-order chi connectivity index (χ0) is 9.90. The molecule has 1 N–H and O–H groups in total. The first-order valence-electron chi connectivity index (χ1n) is 3.80. The third-order valence-corrected chi connectivity index (χ3v) is 2.85. The summed E-state index contributed by atoms with van der Waals surface area (Å²) in [5, 5.41) is 0. The van der Waals surface area contributed by atoms with Gasteiger partial charge in [-0.1, -0.05) is 0 Å². The first kappa shape index (κ1) is 10.1. The van der Waals surface area contributed by atoms with E-state index < -0.39 is 10.0 Å². The van der Waals surface area contributed by atoms with Crippen molar-refractivity contribution in [3.8, 4) is 0 Å². The molecule has 0 atom stereocenters. The Hall–Kier alpha value is -1.01. The van der Waals surface area contributed by atoms with Gasteiger partial charge in [0.15, 0.2) is 0 Å². The van der Waals surface area contributed by atoms with Gasteiger partial charge in [0.2, 0.25) is 10.0 Å². The van der Waals surface area contributed by atoms with Crippen LogP contribution < -0.4 is 4.72 Å². The lowest BCUT2D eigenvalue weighted by Crippen LogP contribution is -2.30. The van der Waals surface area contributed by atoms with E-state index in [-0.39, 0.29) is 10.9 Å². The van der Waals surface area contributed by atoms with E-state index in [0.717, 1.165) is 0 Å². The number of sulfonamides is 1. The summed E-state index contributed by atoms with van der Waals surface area (Å²) in [4.78, 5) is 7.34. The highest BCUT2D eigenvalue weighted by molar-refractivity contribution is 7.89. The smallest absolute Gasteiger partial charge is 0.243 e. The molecule has 0 amide bonds. The second-order valence-corrected chi connectivity index (χ2v) is 4.56. The van der Waals surface area contributed by atoms with Crippen LogP contribution in [0.1, 0.15) is 13.8 Å². The largest absolute Gasteiger partial charge is 0.243 e. The van der Waals surface area contributed by atoms with Gasteiger partial charge in [-0.25, -0.2) is 23.1 Å². The maximum absolute atomic E-state index is 11.5. The molecule has 0 saturated carbocycles. The first-order valence-corrected chi connectivity index (χ1v) is 5.28. The van der Waals surface area contributed by atoms with Crippen LogP contribution in [0.25, 0.3) is 0 Å². The summed E-state index contributed by atoms with van der Waals surface area (Å²) in [7, 11) is -3.43. The van der Waals surface area contributed by atoms with Crippen LogP contribution in [0.15, 0.2) is 23.6 Å². The molecule has 1 rings (SSSR count). The van der Waals surface area contributed by atoms with Crippen molar-refractivity contribution in [3.63, 3.8) is 0 Å². The summed E-state index contributed by atoms with van der Waals surface area (Å²) in [5.41, 5.74) is 0. The maximum Gasteiger partial charge on any atom is 0.243 e. The summed E-state index contributed by atoms with van der Waals surface area (Å²) in [5.74, 6) is 0. The molecule has 0 fully saturated rings. The Kier molecular flexibility index (Phi) is 2.94. The molecule has 0 aromatic carbocycles. The lowest BCUT2D eigenvalue weighted by atomic mass is 10.4. The van der Waals surface area contributed by atoms with E-state index in [1.54, 1.807) is 13.8 Å². The summed E-state index contributed by atoms with van der Waals surface area (Å²) < 4.78 is 25.3. The molecule has 0 bridgehead atoms. The van der Waals surface area contributed by atoms with Crippen LogP contribution in [0, 0.1) is 0 Å². The van der Waals surface area contributed by atoms with E-state index in [1.165, 1.54) is 18.7 Å². The molecule has 6 heteroatoms. The van der Waals surface area contributed by atoms with E-state index in [9.17, 15) is 8.42 Å². The molecule has 0 aliphatic carbocycles. The second kappa shape index (κ2) is 3.80. The summed E-state index contributed by atoms with van der Waals surface area (Å²) in [6, 6.07) is -0.134. The van der Waals surface area contributed by atoms with Gasteiger partial charge in [0.1, 0.15) is 11.2 Å². The number of hydrogen-bond acceptors (Lipinski definition) is 4. The average Bonchev–Trinajstić information content (AvgIpc) is 2.04. The molecule has 0 aliphatic rings. The van der Waals surface area contributed by atoms with Gasteiger partial charge < -0.3 is 0 Å². The van der Waals surface area contributed by atoms with Crippen molar-refractivity contribution in [1.29, 1.82) is 0 Å². The van der Waals surface area contributed by atoms with Crippen LogP contribution in [0.4, 0.5) is 0 Å². The third-order valence-electron chi connectivity index (χ3n) is 1.24. The van der Waals surface area contributed by atoms with Crippen molar-refractivity contribution in [2.45, 2.75) is 24.8 Å². The number of aromatic nitrogens is 2. The van der Waals surface area contributed by atoms with Gasteiger partial charge in [0.05, 0.1) is 12.4 Å².